The Morgan fingerprint density at radius 2 is 1.87 bits per heavy atom. The molecule has 0 aliphatic heterocycles. The zero-order valence-corrected chi connectivity index (χ0v) is 13.8. The smallest absolute Gasteiger partial charge is 0.222 e. The number of benzene rings is 2. The Morgan fingerprint density at radius 1 is 1.17 bits per heavy atom. The quantitative estimate of drug-likeness (QED) is 0.818. The number of ether oxygens (including phenoxy) is 1. The highest BCUT2D eigenvalue weighted by atomic mass is 35.5. The maximum atomic E-state index is 12.1. The third-order valence-electron chi connectivity index (χ3n) is 3.62. The SMILES string of the molecule is COC(CNC(=O)CC(N)c1ccccc1)c1cccc(Cl)c1. The van der Waals surface area contributed by atoms with Gasteiger partial charge in [0, 0.05) is 31.1 Å². The second-order valence-electron chi connectivity index (χ2n) is 5.30. The van der Waals surface area contributed by atoms with Gasteiger partial charge in [0.15, 0.2) is 0 Å². The fourth-order valence-corrected chi connectivity index (χ4v) is 2.54. The van der Waals surface area contributed by atoms with E-state index in [0.29, 0.717) is 11.6 Å². The molecule has 2 atom stereocenters. The predicted molar refractivity (Wildman–Crippen MR) is 92.2 cm³/mol. The highest BCUT2D eigenvalue weighted by molar-refractivity contribution is 6.30. The summed E-state index contributed by atoms with van der Waals surface area (Å²) in [4.78, 5) is 12.1. The molecule has 0 heterocycles. The standard InChI is InChI=1S/C18H21ClN2O2/c1-23-17(14-8-5-9-15(19)10-14)12-21-18(22)11-16(20)13-6-3-2-4-7-13/h2-10,16-17H,11-12,20H2,1H3,(H,21,22). The Labute approximate surface area is 141 Å². The molecule has 3 N–H and O–H groups in total. The maximum Gasteiger partial charge on any atom is 0.222 e. The molecule has 0 fully saturated rings. The first-order chi connectivity index (χ1) is 11.1. The van der Waals surface area contributed by atoms with Crippen LogP contribution < -0.4 is 11.1 Å². The van der Waals surface area contributed by atoms with Crippen molar-refractivity contribution in [1.82, 2.24) is 5.32 Å². The van der Waals surface area contributed by atoms with Gasteiger partial charge in [-0.05, 0) is 23.3 Å². The summed E-state index contributed by atoms with van der Waals surface area (Å²) in [5.41, 5.74) is 7.93. The van der Waals surface area contributed by atoms with Gasteiger partial charge in [0.1, 0.15) is 0 Å². The first-order valence-corrected chi connectivity index (χ1v) is 7.83. The number of halogens is 1. The molecule has 2 unspecified atom stereocenters. The van der Waals surface area contributed by atoms with Gasteiger partial charge in [0.2, 0.25) is 5.91 Å². The molecule has 0 bridgehead atoms. The second kappa shape index (κ2) is 8.67. The molecule has 0 saturated carbocycles. The third-order valence-corrected chi connectivity index (χ3v) is 3.86. The number of amides is 1. The fourth-order valence-electron chi connectivity index (χ4n) is 2.34. The number of hydrogen-bond donors (Lipinski definition) is 2. The van der Waals surface area contributed by atoms with Crippen molar-refractivity contribution in [1.29, 1.82) is 0 Å². The van der Waals surface area contributed by atoms with E-state index in [4.69, 9.17) is 22.1 Å². The van der Waals surface area contributed by atoms with Crippen molar-refractivity contribution in [2.75, 3.05) is 13.7 Å². The molecule has 23 heavy (non-hydrogen) atoms. The number of nitrogens with two attached hydrogens (primary N) is 1. The van der Waals surface area contributed by atoms with Crippen LogP contribution in [0.3, 0.4) is 0 Å². The van der Waals surface area contributed by atoms with Crippen molar-refractivity contribution in [3.63, 3.8) is 0 Å². The zero-order valence-electron chi connectivity index (χ0n) is 13.0. The lowest BCUT2D eigenvalue weighted by atomic mass is 10.0. The van der Waals surface area contributed by atoms with E-state index in [1.807, 2.05) is 48.5 Å². The number of rotatable bonds is 7. The van der Waals surface area contributed by atoms with Crippen LogP contribution >= 0.6 is 11.6 Å². The molecule has 2 aromatic carbocycles. The first-order valence-electron chi connectivity index (χ1n) is 7.45. The van der Waals surface area contributed by atoms with Gasteiger partial charge in [-0.2, -0.15) is 0 Å². The van der Waals surface area contributed by atoms with Crippen LogP contribution in [-0.4, -0.2) is 19.6 Å². The minimum Gasteiger partial charge on any atom is -0.375 e. The minimum absolute atomic E-state index is 0.106. The number of carbonyl (C=O) groups excluding carboxylic acids is 1. The number of hydrogen-bond acceptors (Lipinski definition) is 3. The highest BCUT2D eigenvalue weighted by Gasteiger charge is 2.15. The van der Waals surface area contributed by atoms with Crippen LogP contribution in [0.2, 0.25) is 5.02 Å². The Hall–Kier alpha value is -1.88. The molecule has 2 rings (SSSR count). The van der Waals surface area contributed by atoms with Crippen LogP contribution in [-0.2, 0) is 9.53 Å². The van der Waals surface area contributed by atoms with Crippen LogP contribution in [0.5, 0.6) is 0 Å². The van der Waals surface area contributed by atoms with Crippen molar-refractivity contribution < 1.29 is 9.53 Å². The van der Waals surface area contributed by atoms with Crippen molar-refractivity contribution in [2.45, 2.75) is 18.6 Å². The summed E-state index contributed by atoms with van der Waals surface area (Å²) >= 11 is 5.99. The summed E-state index contributed by atoms with van der Waals surface area (Å²) < 4.78 is 5.43. The summed E-state index contributed by atoms with van der Waals surface area (Å²) in [6.45, 7) is 0.372. The van der Waals surface area contributed by atoms with Crippen LogP contribution in [0.1, 0.15) is 29.7 Å². The van der Waals surface area contributed by atoms with Crippen LogP contribution in [0, 0.1) is 0 Å². The lowest BCUT2D eigenvalue weighted by Crippen LogP contribution is -2.31. The summed E-state index contributed by atoms with van der Waals surface area (Å²) in [6.07, 6.45) is -0.0127. The monoisotopic (exact) mass is 332 g/mol. The van der Waals surface area contributed by atoms with Gasteiger partial charge in [-0.1, -0.05) is 54.1 Å². The Kier molecular flexibility index (Phi) is 6.59. The summed E-state index contributed by atoms with van der Waals surface area (Å²) in [6, 6.07) is 16.7. The minimum atomic E-state index is -0.316. The molecule has 0 aliphatic rings. The van der Waals surface area contributed by atoms with Gasteiger partial charge in [0.05, 0.1) is 6.10 Å². The highest BCUT2D eigenvalue weighted by Crippen LogP contribution is 2.20. The Morgan fingerprint density at radius 3 is 2.52 bits per heavy atom. The van der Waals surface area contributed by atoms with E-state index < -0.39 is 0 Å². The molecule has 2 aromatic rings. The first kappa shape index (κ1) is 17.5. The second-order valence-corrected chi connectivity index (χ2v) is 5.74. The normalized spacial score (nSPS) is 13.3. The lowest BCUT2D eigenvalue weighted by molar-refractivity contribution is -0.122. The van der Waals surface area contributed by atoms with E-state index in [1.54, 1.807) is 13.2 Å². The topological polar surface area (TPSA) is 64.3 Å². The summed E-state index contributed by atoms with van der Waals surface area (Å²) in [7, 11) is 1.60. The third kappa shape index (κ3) is 5.36. The number of methoxy groups -OCH3 is 1. The lowest BCUT2D eigenvalue weighted by Gasteiger charge is -2.18. The van der Waals surface area contributed by atoms with Gasteiger partial charge >= 0.3 is 0 Å². The summed E-state index contributed by atoms with van der Waals surface area (Å²) in [5, 5.41) is 3.51. The van der Waals surface area contributed by atoms with E-state index in [9.17, 15) is 4.79 Å². The zero-order chi connectivity index (χ0) is 16.7. The molecular formula is C18H21ClN2O2. The van der Waals surface area contributed by atoms with E-state index in [2.05, 4.69) is 5.32 Å². The van der Waals surface area contributed by atoms with Gasteiger partial charge in [-0.15, -0.1) is 0 Å². The molecule has 4 nitrogen and oxygen atoms in total. The number of carbonyl (C=O) groups is 1. The van der Waals surface area contributed by atoms with Crippen LogP contribution in [0.4, 0.5) is 0 Å². The van der Waals surface area contributed by atoms with E-state index in [-0.39, 0.29) is 24.5 Å². The van der Waals surface area contributed by atoms with E-state index >= 15 is 0 Å². The molecular weight excluding hydrogens is 312 g/mol. The van der Waals surface area contributed by atoms with Gasteiger partial charge in [0.25, 0.3) is 0 Å². The summed E-state index contributed by atoms with van der Waals surface area (Å²) in [5.74, 6) is -0.106. The largest absolute Gasteiger partial charge is 0.375 e. The van der Waals surface area contributed by atoms with Crippen LogP contribution in [0.15, 0.2) is 54.6 Å². The van der Waals surface area contributed by atoms with Crippen molar-refractivity contribution >= 4 is 17.5 Å². The van der Waals surface area contributed by atoms with Crippen molar-refractivity contribution in [3.05, 3.63) is 70.7 Å². The van der Waals surface area contributed by atoms with E-state index in [0.717, 1.165) is 11.1 Å². The molecule has 0 aliphatic carbocycles. The average molecular weight is 333 g/mol. The van der Waals surface area contributed by atoms with Gasteiger partial charge < -0.3 is 15.8 Å². The molecule has 0 spiro atoms. The molecule has 0 aromatic heterocycles. The Balaban J connectivity index is 1.87. The Bertz CT molecular complexity index is 634. The molecule has 0 radical (unpaired) electrons. The van der Waals surface area contributed by atoms with Gasteiger partial charge in [-0.25, -0.2) is 0 Å². The molecule has 122 valence electrons. The van der Waals surface area contributed by atoms with Crippen molar-refractivity contribution in [3.8, 4) is 0 Å². The molecule has 1 amide bonds. The average Bonchev–Trinajstić information content (AvgIpc) is 2.56. The molecule has 5 heteroatoms. The fraction of sp³-hybridized carbons (Fsp3) is 0.278. The number of nitrogens with one attached hydrogen (secondary N) is 1. The van der Waals surface area contributed by atoms with Crippen molar-refractivity contribution in [2.24, 2.45) is 5.73 Å². The predicted octanol–water partition coefficient (Wildman–Crippen LogP) is 3.23. The van der Waals surface area contributed by atoms with Crippen LogP contribution in [0.25, 0.3) is 0 Å². The van der Waals surface area contributed by atoms with E-state index in [1.165, 1.54) is 0 Å². The maximum absolute atomic E-state index is 12.1. The molecule has 0 saturated heterocycles. The van der Waals surface area contributed by atoms with Gasteiger partial charge in [-0.3, -0.25) is 4.79 Å².